The van der Waals surface area contributed by atoms with Gasteiger partial charge in [0.2, 0.25) is 15.7 Å². The van der Waals surface area contributed by atoms with Crippen molar-refractivity contribution >= 4 is 21.7 Å². The minimum absolute atomic E-state index is 0.0533. The Morgan fingerprint density at radius 3 is 2.25 bits per heavy atom. The van der Waals surface area contributed by atoms with Crippen molar-refractivity contribution in [2.75, 3.05) is 6.54 Å². The van der Waals surface area contributed by atoms with Gasteiger partial charge in [0.25, 0.3) is 5.91 Å². The minimum Gasteiger partial charge on any atom is -0.354 e. The van der Waals surface area contributed by atoms with E-state index >= 15 is 0 Å². The monoisotopic (exact) mass is 362 g/mol. The Morgan fingerprint density at radius 2 is 1.75 bits per heavy atom. The predicted octanol–water partition coefficient (Wildman–Crippen LogP) is 1.72. The highest BCUT2D eigenvalue weighted by atomic mass is 32.2. The molecule has 24 heavy (non-hydrogen) atoms. The molecule has 134 valence electrons. The first-order valence-electron chi connectivity index (χ1n) is 7.38. The van der Waals surface area contributed by atoms with Crippen LogP contribution in [0.15, 0.2) is 29.2 Å². The number of rotatable bonds is 8. The maximum atomic E-state index is 12.4. The minimum atomic E-state index is -4.68. The summed E-state index contributed by atoms with van der Waals surface area (Å²) in [5.74, 6) is -4.23. The van der Waals surface area contributed by atoms with E-state index in [0.29, 0.717) is 0 Å². The number of nitrogens with one attached hydrogen (secondary N) is 2. The molecule has 1 aromatic carbocycles. The van der Waals surface area contributed by atoms with E-state index < -0.39 is 26.4 Å². The second kappa shape index (κ2) is 8.72. The standard InChI is InChI=1S/C15H20F2N2O4S/c1-3-10(2)19-13(20)8-9-18-14(21)11-4-6-12(7-5-11)24(22,23)15(16)17/h4-7,10,15H,3,8-9H2,1-2H3,(H,18,21)(H,19,20)/t10-/m0/s1. The number of hydrogen-bond donors (Lipinski definition) is 2. The lowest BCUT2D eigenvalue weighted by Crippen LogP contribution is -2.35. The van der Waals surface area contributed by atoms with Gasteiger partial charge in [0.15, 0.2) is 0 Å². The van der Waals surface area contributed by atoms with Crippen molar-refractivity contribution in [1.82, 2.24) is 10.6 Å². The van der Waals surface area contributed by atoms with Gasteiger partial charge in [-0.1, -0.05) is 6.92 Å². The summed E-state index contributed by atoms with van der Waals surface area (Å²) in [7, 11) is -4.68. The van der Waals surface area contributed by atoms with E-state index in [2.05, 4.69) is 10.6 Å². The van der Waals surface area contributed by atoms with Crippen LogP contribution in [-0.4, -0.2) is 38.6 Å². The fourth-order valence-corrected chi connectivity index (χ4v) is 2.46. The summed E-state index contributed by atoms with van der Waals surface area (Å²) in [6.45, 7) is 3.91. The second-order valence-corrected chi connectivity index (χ2v) is 7.13. The molecule has 0 saturated carbocycles. The molecule has 0 radical (unpaired) electrons. The Bertz CT molecular complexity index is 675. The van der Waals surface area contributed by atoms with Gasteiger partial charge < -0.3 is 10.6 Å². The molecule has 0 bridgehead atoms. The zero-order chi connectivity index (χ0) is 18.3. The number of halogens is 2. The Balaban J connectivity index is 2.56. The summed E-state index contributed by atoms with van der Waals surface area (Å²) < 4.78 is 47.4. The number of sulfone groups is 1. The summed E-state index contributed by atoms with van der Waals surface area (Å²) in [5, 5.41) is 5.25. The number of hydrogen-bond acceptors (Lipinski definition) is 4. The normalized spacial score (nSPS) is 12.7. The molecule has 6 nitrogen and oxygen atoms in total. The molecule has 9 heteroatoms. The quantitative estimate of drug-likeness (QED) is 0.736. The van der Waals surface area contributed by atoms with Crippen molar-refractivity contribution in [2.45, 2.75) is 43.4 Å². The van der Waals surface area contributed by atoms with Gasteiger partial charge in [-0.05, 0) is 37.6 Å². The lowest BCUT2D eigenvalue weighted by atomic mass is 10.2. The summed E-state index contributed by atoms with van der Waals surface area (Å²) in [5.41, 5.74) is 0.116. The molecule has 0 aliphatic rings. The summed E-state index contributed by atoms with van der Waals surface area (Å²) in [6, 6.07) is 4.24. The first-order chi connectivity index (χ1) is 11.2. The van der Waals surface area contributed by atoms with Crippen LogP contribution in [0.4, 0.5) is 8.78 Å². The van der Waals surface area contributed by atoms with Crippen molar-refractivity contribution in [3.05, 3.63) is 29.8 Å². The van der Waals surface area contributed by atoms with Gasteiger partial charge >= 0.3 is 5.76 Å². The largest absolute Gasteiger partial charge is 0.354 e. The molecule has 1 rings (SSSR count). The number of alkyl halides is 2. The molecule has 0 aliphatic heterocycles. The fraction of sp³-hybridized carbons (Fsp3) is 0.467. The third kappa shape index (κ3) is 5.55. The molecule has 0 spiro atoms. The molecule has 0 saturated heterocycles. The van der Waals surface area contributed by atoms with Crippen LogP contribution in [-0.2, 0) is 14.6 Å². The summed E-state index contributed by atoms with van der Waals surface area (Å²) in [6.07, 6.45) is 0.903. The molecule has 1 aromatic rings. The number of benzene rings is 1. The Kier molecular flexibility index (Phi) is 7.27. The molecule has 0 unspecified atom stereocenters. The number of amides is 2. The van der Waals surface area contributed by atoms with Crippen molar-refractivity contribution in [3.8, 4) is 0 Å². The van der Waals surface area contributed by atoms with Crippen molar-refractivity contribution < 1.29 is 26.8 Å². The Labute approximate surface area is 139 Å². The van der Waals surface area contributed by atoms with Crippen LogP contribution in [0.2, 0.25) is 0 Å². The maximum Gasteiger partial charge on any atom is 0.341 e. The van der Waals surface area contributed by atoms with Crippen molar-refractivity contribution in [2.24, 2.45) is 0 Å². The highest BCUT2D eigenvalue weighted by Crippen LogP contribution is 2.18. The summed E-state index contributed by atoms with van der Waals surface area (Å²) in [4.78, 5) is 22.9. The van der Waals surface area contributed by atoms with E-state index in [-0.39, 0.29) is 30.5 Å². The Morgan fingerprint density at radius 1 is 1.17 bits per heavy atom. The zero-order valence-electron chi connectivity index (χ0n) is 13.4. The summed E-state index contributed by atoms with van der Waals surface area (Å²) >= 11 is 0. The number of carbonyl (C=O) groups excluding carboxylic acids is 2. The highest BCUT2D eigenvalue weighted by Gasteiger charge is 2.26. The average molecular weight is 362 g/mol. The van der Waals surface area contributed by atoms with Gasteiger partial charge in [-0.2, -0.15) is 8.78 Å². The smallest absolute Gasteiger partial charge is 0.341 e. The first-order valence-corrected chi connectivity index (χ1v) is 8.92. The highest BCUT2D eigenvalue weighted by molar-refractivity contribution is 7.91. The molecule has 0 heterocycles. The molecule has 0 fully saturated rings. The van der Waals surface area contributed by atoms with Crippen LogP contribution in [0.5, 0.6) is 0 Å². The van der Waals surface area contributed by atoms with Gasteiger partial charge in [-0.3, -0.25) is 9.59 Å². The second-order valence-electron chi connectivity index (χ2n) is 5.21. The topological polar surface area (TPSA) is 92.3 Å². The van der Waals surface area contributed by atoms with Crippen LogP contribution < -0.4 is 10.6 Å². The van der Waals surface area contributed by atoms with Crippen LogP contribution in [0.1, 0.15) is 37.0 Å². The van der Waals surface area contributed by atoms with E-state index in [4.69, 9.17) is 0 Å². The predicted molar refractivity (Wildman–Crippen MR) is 84.5 cm³/mol. The fourth-order valence-electron chi connectivity index (χ4n) is 1.74. The van der Waals surface area contributed by atoms with Gasteiger partial charge in [0, 0.05) is 24.6 Å². The van der Waals surface area contributed by atoms with Crippen molar-refractivity contribution in [1.29, 1.82) is 0 Å². The van der Waals surface area contributed by atoms with E-state index in [0.717, 1.165) is 30.7 Å². The molecular formula is C15H20F2N2O4S. The zero-order valence-corrected chi connectivity index (χ0v) is 14.2. The third-order valence-electron chi connectivity index (χ3n) is 3.34. The lowest BCUT2D eigenvalue weighted by Gasteiger charge is -2.11. The van der Waals surface area contributed by atoms with Gasteiger partial charge in [-0.25, -0.2) is 8.42 Å². The van der Waals surface area contributed by atoms with Crippen LogP contribution in [0.25, 0.3) is 0 Å². The lowest BCUT2D eigenvalue weighted by molar-refractivity contribution is -0.121. The van der Waals surface area contributed by atoms with Gasteiger partial charge in [0.05, 0.1) is 4.90 Å². The molecule has 2 amide bonds. The molecular weight excluding hydrogens is 342 g/mol. The van der Waals surface area contributed by atoms with Crippen molar-refractivity contribution in [3.63, 3.8) is 0 Å². The van der Waals surface area contributed by atoms with Gasteiger partial charge in [-0.15, -0.1) is 0 Å². The van der Waals surface area contributed by atoms with E-state index in [1.165, 1.54) is 0 Å². The van der Waals surface area contributed by atoms with E-state index in [1.54, 1.807) is 0 Å². The SMILES string of the molecule is CC[C@H](C)NC(=O)CCNC(=O)c1ccc(S(=O)(=O)C(F)F)cc1. The first kappa shape index (κ1) is 20.0. The number of carbonyl (C=O) groups is 2. The van der Waals surface area contributed by atoms with Gasteiger partial charge in [0.1, 0.15) is 0 Å². The van der Waals surface area contributed by atoms with E-state index in [1.807, 2.05) is 13.8 Å². The molecule has 0 aromatic heterocycles. The molecule has 2 N–H and O–H groups in total. The van der Waals surface area contributed by atoms with Crippen LogP contribution in [0.3, 0.4) is 0 Å². The van der Waals surface area contributed by atoms with Crippen LogP contribution in [0, 0.1) is 0 Å². The van der Waals surface area contributed by atoms with E-state index in [9.17, 15) is 26.8 Å². The molecule has 1 atom stereocenters. The molecule has 0 aliphatic carbocycles. The van der Waals surface area contributed by atoms with Crippen LogP contribution >= 0.6 is 0 Å². The Hall–Kier alpha value is -2.03. The third-order valence-corrected chi connectivity index (χ3v) is 4.74. The average Bonchev–Trinajstić information content (AvgIpc) is 2.54. The maximum absolute atomic E-state index is 12.4.